The zero-order valence-electron chi connectivity index (χ0n) is 20.2. The van der Waals surface area contributed by atoms with Crippen molar-refractivity contribution in [2.24, 2.45) is 0 Å². The Morgan fingerprint density at radius 1 is 1.00 bits per heavy atom. The Bertz CT molecular complexity index is 1220. The highest BCUT2D eigenvalue weighted by molar-refractivity contribution is 7.99. The molecule has 0 amide bonds. The number of tetrazole rings is 1. The average molecular weight is 547 g/mol. The summed E-state index contributed by atoms with van der Waals surface area (Å²) in [4.78, 5) is 0. The van der Waals surface area contributed by atoms with Gasteiger partial charge in [0.1, 0.15) is 6.61 Å². The number of thioether (sulfide) groups is 1. The van der Waals surface area contributed by atoms with Gasteiger partial charge in [-0.3, -0.25) is 0 Å². The van der Waals surface area contributed by atoms with Crippen LogP contribution in [0.25, 0.3) is 5.69 Å². The van der Waals surface area contributed by atoms with Gasteiger partial charge >= 0.3 is 0 Å². The van der Waals surface area contributed by atoms with Gasteiger partial charge in [0.15, 0.2) is 11.5 Å². The maximum absolute atomic E-state index is 6.58. The Kier molecular flexibility index (Phi) is 10.9. The topological polar surface area (TPSA) is 74.1 Å². The molecule has 1 aromatic heterocycles. The Balaban J connectivity index is 0.00000361. The number of hydrogen-bond acceptors (Lipinski definition) is 7. The number of rotatable bonds is 12. The summed E-state index contributed by atoms with van der Waals surface area (Å²) < 4.78 is 13.6. The number of ether oxygens (including phenoxy) is 2. The van der Waals surface area contributed by atoms with Crippen molar-refractivity contribution < 1.29 is 9.47 Å². The van der Waals surface area contributed by atoms with E-state index in [1.54, 1.807) is 16.4 Å². The van der Waals surface area contributed by atoms with Crippen LogP contribution >= 0.6 is 35.8 Å². The van der Waals surface area contributed by atoms with E-state index in [0.717, 1.165) is 34.3 Å². The van der Waals surface area contributed by atoms with Crippen molar-refractivity contribution in [2.75, 3.05) is 18.9 Å². The molecule has 1 N–H and O–H groups in total. The van der Waals surface area contributed by atoms with E-state index in [4.69, 9.17) is 21.1 Å². The molecule has 0 fully saturated rings. The molecule has 0 unspecified atom stereocenters. The van der Waals surface area contributed by atoms with Crippen LogP contribution < -0.4 is 14.8 Å². The summed E-state index contributed by atoms with van der Waals surface area (Å²) in [5.41, 5.74) is 4.26. The van der Waals surface area contributed by atoms with Crippen LogP contribution in [0.5, 0.6) is 11.5 Å². The summed E-state index contributed by atoms with van der Waals surface area (Å²) in [5, 5.41) is 16.8. The largest absolute Gasteiger partial charge is 0.490 e. The van der Waals surface area contributed by atoms with Gasteiger partial charge in [-0.25, -0.2) is 0 Å². The highest BCUT2D eigenvalue weighted by Crippen LogP contribution is 2.37. The Labute approximate surface area is 226 Å². The SMILES string of the molecule is CCOc1cc(CNCCSc2nnnn2-c2ccccc2)cc(Cl)c1OCc1ccc(C)cc1.Cl. The van der Waals surface area contributed by atoms with E-state index in [2.05, 4.69) is 52.0 Å². The van der Waals surface area contributed by atoms with E-state index in [9.17, 15) is 0 Å². The number of nitrogens with one attached hydrogen (secondary N) is 1. The van der Waals surface area contributed by atoms with E-state index in [-0.39, 0.29) is 12.4 Å². The van der Waals surface area contributed by atoms with Crippen LogP contribution in [0.1, 0.15) is 23.6 Å². The second-order valence-corrected chi connectivity index (χ2v) is 9.32. The second kappa shape index (κ2) is 14.1. The molecule has 0 spiro atoms. The summed E-state index contributed by atoms with van der Waals surface area (Å²) >= 11 is 8.18. The van der Waals surface area contributed by atoms with Gasteiger partial charge in [-0.1, -0.05) is 71.4 Å². The summed E-state index contributed by atoms with van der Waals surface area (Å²) in [5.74, 6) is 2.04. The minimum atomic E-state index is 0. The number of nitrogens with zero attached hydrogens (tertiary/aromatic N) is 4. The van der Waals surface area contributed by atoms with Gasteiger partial charge in [0, 0.05) is 18.8 Å². The van der Waals surface area contributed by atoms with E-state index >= 15 is 0 Å². The third-order valence-electron chi connectivity index (χ3n) is 5.15. The van der Waals surface area contributed by atoms with Gasteiger partial charge in [0.2, 0.25) is 5.16 Å². The fourth-order valence-corrected chi connectivity index (χ4v) is 4.49. The number of para-hydroxylation sites is 1. The molecule has 190 valence electrons. The summed E-state index contributed by atoms with van der Waals surface area (Å²) in [6, 6.07) is 22.0. The molecule has 4 rings (SSSR count). The van der Waals surface area contributed by atoms with Crippen molar-refractivity contribution >= 4 is 35.8 Å². The second-order valence-electron chi connectivity index (χ2n) is 7.85. The van der Waals surface area contributed by atoms with Crippen LogP contribution in [0.2, 0.25) is 5.02 Å². The molecule has 0 atom stereocenters. The lowest BCUT2D eigenvalue weighted by atomic mass is 10.1. The fraction of sp³-hybridized carbons (Fsp3) is 0.269. The Morgan fingerprint density at radius 2 is 1.78 bits per heavy atom. The van der Waals surface area contributed by atoms with Crippen LogP contribution in [0.4, 0.5) is 0 Å². The van der Waals surface area contributed by atoms with E-state index < -0.39 is 0 Å². The van der Waals surface area contributed by atoms with Crippen molar-refractivity contribution in [3.63, 3.8) is 0 Å². The molecule has 0 bridgehead atoms. The van der Waals surface area contributed by atoms with Gasteiger partial charge in [-0.15, -0.1) is 17.5 Å². The number of halogens is 2. The Hall–Kier alpha value is -2.78. The first kappa shape index (κ1) is 27.8. The first-order valence-corrected chi connectivity index (χ1v) is 12.8. The smallest absolute Gasteiger partial charge is 0.214 e. The highest BCUT2D eigenvalue weighted by atomic mass is 35.5. The highest BCUT2D eigenvalue weighted by Gasteiger charge is 2.13. The molecule has 4 aromatic rings. The molecule has 36 heavy (non-hydrogen) atoms. The summed E-state index contributed by atoms with van der Waals surface area (Å²) in [6.45, 7) is 6.40. The van der Waals surface area contributed by atoms with Gasteiger partial charge in [-0.2, -0.15) is 4.68 Å². The molecule has 0 saturated carbocycles. The lowest BCUT2D eigenvalue weighted by Gasteiger charge is -2.16. The number of aromatic nitrogens is 4. The van der Waals surface area contributed by atoms with Crippen LogP contribution in [0.3, 0.4) is 0 Å². The first-order chi connectivity index (χ1) is 17.1. The van der Waals surface area contributed by atoms with Crippen molar-refractivity contribution in [2.45, 2.75) is 32.2 Å². The van der Waals surface area contributed by atoms with Gasteiger partial charge in [0.25, 0.3) is 0 Å². The number of aryl methyl sites for hydroxylation is 1. The first-order valence-electron chi connectivity index (χ1n) is 11.4. The molecule has 0 saturated heterocycles. The molecule has 0 aliphatic rings. The van der Waals surface area contributed by atoms with Gasteiger partial charge in [-0.05, 0) is 59.7 Å². The quantitative estimate of drug-likeness (QED) is 0.175. The third-order valence-corrected chi connectivity index (χ3v) is 6.36. The van der Waals surface area contributed by atoms with Crippen LogP contribution in [0.15, 0.2) is 71.9 Å². The van der Waals surface area contributed by atoms with Crippen molar-refractivity contribution in [3.05, 3.63) is 88.4 Å². The maximum Gasteiger partial charge on any atom is 0.214 e. The molecular weight excluding hydrogens is 517 g/mol. The Morgan fingerprint density at radius 3 is 2.53 bits per heavy atom. The number of hydrogen-bond donors (Lipinski definition) is 1. The normalized spacial score (nSPS) is 10.6. The molecule has 7 nitrogen and oxygen atoms in total. The molecule has 1 heterocycles. The lowest BCUT2D eigenvalue weighted by Crippen LogP contribution is -2.17. The lowest BCUT2D eigenvalue weighted by molar-refractivity contribution is 0.269. The summed E-state index contributed by atoms with van der Waals surface area (Å²) in [6.07, 6.45) is 0. The standard InChI is InChI=1S/C26H28ClN5O2S.ClH/c1-3-33-24-16-21(15-23(27)25(24)34-18-20-11-9-19(2)10-12-20)17-28-13-14-35-26-29-30-31-32(26)22-7-5-4-6-8-22;/h4-12,15-16,28H,3,13-14,17-18H2,1-2H3;1H. The van der Waals surface area contributed by atoms with Crippen molar-refractivity contribution in [1.29, 1.82) is 0 Å². The van der Waals surface area contributed by atoms with E-state index in [0.29, 0.717) is 36.3 Å². The monoisotopic (exact) mass is 545 g/mol. The molecule has 0 aliphatic heterocycles. The van der Waals surface area contributed by atoms with Crippen LogP contribution in [-0.2, 0) is 13.2 Å². The summed E-state index contributed by atoms with van der Waals surface area (Å²) in [7, 11) is 0. The fourth-order valence-electron chi connectivity index (χ4n) is 3.41. The molecule has 0 aliphatic carbocycles. The van der Waals surface area contributed by atoms with E-state index in [1.807, 2.05) is 49.4 Å². The molecule has 0 radical (unpaired) electrons. The van der Waals surface area contributed by atoms with Crippen molar-refractivity contribution in [1.82, 2.24) is 25.5 Å². The maximum atomic E-state index is 6.58. The average Bonchev–Trinajstić information content (AvgIpc) is 3.34. The van der Waals surface area contributed by atoms with Crippen molar-refractivity contribution in [3.8, 4) is 17.2 Å². The third kappa shape index (κ3) is 7.61. The molecule has 3 aromatic carbocycles. The van der Waals surface area contributed by atoms with Crippen LogP contribution in [0, 0.1) is 6.92 Å². The molecular formula is C26H29Cl2N5O2S. The zero-order valence-corrected chi connectivity index (χ0v) is 22.6. The van der Waals surface area contributed by atoms with Gasteiger partial charge in [0.05, 0.1) is 17.3 Å². The zero-order chi connectivity index (χ0) is 24.5. The van der Waals surface area contributed by atoms with Gasteiger partial charge < -0.3 is 14.8 Å². The minimum Gasteiger partial charge on any atom is -0.490 e. The van der Waals surface area contributed by atoms with E-state index in [1.165, 1.54) is 5.56 Å². The van der Waals surface area contributed by atoms with Crippen LogP contribution in [-0.4, -0.2) is 39.1 Å². The minimum absolute atomic E-state index is 0. The number of benzene rings is 3. The molecule has 10 heteroatoms. The predicted molar refractivity (Wildman–Crippen MR) is 147 cm³/mol. The predicted octanol–water partition coefficient (Wildman–Crippen LogP) is 5.91.